The maximum absolute atomic E-state index is 12.4. The lowest BCUT2D eigenvalue weighted by Gasteiger charge is -2.18. The van der Waals surface area contributed by atoms with Crippen molar-refractivity contribution in [3.8, 4) is 11.8 Å². The van der Waals surface area contributed by atoms with Gasteiger partial charge in [0, 0.05) is 12.6 Å². The van der Waals surface area contributed by atoms with E-state index in [2.05, 4.69) is 6.07 Å². The Morgan fingerprint density at radius 2 is 1.95 bits per heavy atom. The second kappa shape index (κ2) is 5.89. The predicted octanol–water partition coefficient (Wildman–Crippen LogP) is 2.84. The van der Waals surface area contributed by atoms with Crippen LogP contribution in [0.5, 0.6) is 5.75 Å². The van der Waals surface area contributed by atoms with E-state index in [9.17, 15) is 4.79 Å². The Kier molecular flexibility index (Phi) is 4.02. The molecule has 4 heteroatoms. The topological polar surface area (TPSA) is 53.3 Å². The van der Waals surface area contributed by atoms with Crippen molar-refractivity contribution in [2.45, 2.75) is 0 Å². The zero-order chi connectivity index (χ0) is 14.5. The molecule has 2 aromatic carbocycles. The van der Waals surface area contributed by atoms with Crippen molar-refractivity contribution in [2.75, 3.05) is 19.1 Å². The van der Waals surface area contributed by atoms with Crippen molar-refractivity contribution < 1.29 is 9.53 Å². The highest BCUT2D eigenvalue weighted by molar-refractivity contribution is 6.06. The first-order valence-electron chi connectivity index (χ1n) is 6.08. The minimum Gasteiger partial charge on any atom is -0.497 e. The Labute approximate surface area is 117 Å². The molecule has 20 heavy (non-hydrogen) atoms. The maximum Gasteiger partial charge on any atom is 0.258 e. The second-order valence-corrected chi connectivity index (χ2v) is 4.23. The largest absolute Gasteiger partial charge is 0.497 e. The zero-order valence-electron chi connectivity index (χ0n) is 11.3. The van der Waals surface area contributed by atoms with Gasteiger partial charge in [0.2, 0.25) is 0 Å². The summed E-state index contributed by atoms with van der Waals surface area (Å²) in [6.45, 7) is 0. The fourth-order valence-corrected chi connectivity index (χ4v) is 1.92. The minimum atomic E-state index is -0.188. The molecule has 1 amide bonds. The van der Waals surface area contributed by atoms with Crippen molar-refractivity contribution in [3.05, 3.63) is 59.7 Å². The Balaban J connectivity index is 2.35. The minimum absolute atomic E-state index is 0.188. The van der Waals surface area contributed by atoms with Crippen LogP contribution in [0.15, 0.2) is 48.5 Å². The summed E-state index contributed by atoms with van der Waals surface area (Å²) in [6.07, 6.45) is 0. The van der Waals surface area contributed by atoms with Crippen LogP contribution in [0.4, 0.5) is 5.69 Å². The molecule has 0 bridgehead atoms. The number of carbonyl (C=O) groups excluding carboxylic acids is 1. The predicted molar refractivity (Wildman–Crippen MR) is 76.9 cm³/mol. The van der Waals surface area contributed by atoms with Crippen LogP contribution in [0.3, 0.4) is 0 Å². The molecule has 0 radical (unpaired) electrons. The standard InChI is InChI=1S/C16H14N2O2/c1-18(15-9-4-3-6-13(15)11-17)16(19)12-7-5-8-14(10-12)20-2/h3-10H,1-2H3. The van der Waals surface area contributed by atoms with Gasteiger partial charge >= 0.3 is 0 Å². The molecular formula is C16H14N2O2. The number of ether oxygens (including phenoxy) is 1. The third-order valence-corrected chi connectivity index (χ3v) is 3.01. The van der Waals surface area contributed by atoms with Gasteiger partial charge < -0.3 is 9.64 Å². The van der Waals surface area contributed by atoms with E-state index < -0.39 is 0 Å². The van der Waals surface area contributed by atoms with Crippen molar-refractivity contribution in [3.63, 3.8) is 0 Å². The van der Waals surface area contributed by atoms with Gasteiger partial charge in [0.15, 0.2) is 0 Å². The summed E-state index contributed by atoms with van der Waals surface area (Å²) in [7, 11) is 3.20. The molecule has 0 saturated carbocycles. The van der Waals surface area contributed by atoms with E-state index in [-0.39, 0.29) is 5.91 Å². The quantitative estimate of drug-likeness (QED) is 0.858. The van der Waals surface area contributed by atoms with E-state index in [1.807, 2.05) is 0 Å². The van der Waals surface area contributed by atoms with E-state index in [1.54, 1.807) is 62.7 Å². The lowest BCUT2D eigenvalue weighted by Crippen LogP contribution is -2.26. The highest BCUT2D eigenvalue weighted by atomic mass is 16.5. The molecule has 0 heterocycles. The van der Waals surface area contributed by atoms with Crippen LogP contribution in [0.25, 0.3) is 0 Å². The average Bonchev–Trinajstić information content (AvgIpc) is 2.53. The van der Waals surface area contributed by atoms with E-state index in [0.717, 1.165) is 0 Å². The fourth-order valence-electron chi connectivity index (χ4n) is 1.92. The highest BCUT2D eigenvalue weighted by Gasteiger charge is 2.16. The summed E-state index contributed by atoms with van der Waals surface area (Å²) in [4.78, 5) is 13.9. The molecule has 0 aliphatic carbocycles. The van der Waals surface area contributed by atoms with Crippen LogP contribution >= 0.6 is 0 Å². The molecule has 0 fully saturated rings. The van der Waals surface area contributed by atoms with E-state index >= 15 is 0 Å². The Hall–Kier alpha value is -2.80. The van der Waals surface area contributed by atoms with Crippen LogP contribution in [0.1, 0.15) is 15.9 Å². The maximum atomic E-state index is 12.4. The van der Waals surface area contributed by atoms with Gasteiger partial charge in [-0.25, -0.2) is 0 Å². The van der Waals surface area contributed by atoms with Gasteiger partial charge in [0.25, 0.3) is 5.91 Å². The molecule has 4 nitrogen and oxygen atoms in total. The average molecular weight is 266 g/mol. The van der Waals surface area contributed by atoms with Crippen molar-refractivity contribution in [1.82, 2.24) is 0 Å². The van der Waals surface area contributed by atoms with Crippen LogP contribution in [0.2, 0.25) is 0 Å². The number of carbonyl (C=O) groups is 1. The summed E-state index contributed by atoms with van der Waals surface area (Å²) < 4.78 is 5.11. The smallest absolute Gasteiger partial charge is 0.258 e. The second-order valence-electron chi connectivity index (χ2n) is 4.23. The first-order valence-corrected chi connectivity index (χ1v) is 6.08. The van der Waals surface area contributed by atoms with Gasteiger partial charge in [-0.2, -0.15) is 5.26 Å². The third-order valence-electron chi connectivity index (χ3n) is 3.01. The molecule has 0 aliphatic rings. The van der Waals surface area contributed by atoms with Crippen molar-refractivity contribution in [2.24, 2.45) is 0 Å². The molecule has 0 spiro atoms. The summed E-state index contributed by atoms with van der Waals surface area (Å²) in [5.74, 6) is 0.435. The number of anilines is 1. The number of nitrogens with zero attached hydrogens (tertiary/aromatic N) is 2. The van der Waals surface area contributed by atoms with Gasteiger partial charge in [-0.1, -0.05) is 18.2 Å². The number of para-hydroxylation sites is 1. The van der Waals surface area contributed by atoms with Crippen molar-refractivity contribution >= 4 is 11.6 Å². The third kappa shape index (κ3) is 2.62. The molecule has 100 valence electrons. The first kappa shape index (κ1) is 13.6. The number of benzene rings is 2. The van der Waals surface area contributed by atoms with E-state index in [4.69, 9.17) is 10.00 Å². The summed E-state index contributed by atoms with van der Waals surface area (Å²) in [6, 6.07) is 16.0. The molecule has 2 rings (SSSR count). The summed E-state index contributed by atoms with van der Waals surface area (Å²) in [5, 5.41) is 9.09. The van der Waals surface area contributed by atoms with Crippen LogP contribution < -0.4 is 9.64 Å². The number of amides is 1. The van der Waals surface area contributed by atoms with Gasteiger partial charge in [-0.15, -0.1) is 0 Å². The van der Waals surface area contributed by atoms with Gasteiger partial charge in [-0.3, -0.25) is 4.79 Å². The number of methoxy groups -OCH3 is 1. The molecule has 0 saturated heterocycles. The molecule has 0 atom stereocenters. The van der Waals surface area contributed by atoms with Crippen molar-refractivity contribution in [1.29, 1.82) is 5.26 Å². The van der Waals surface area contributed by atoms with Gasteiger partial charge in [0.05, 0.1) is 18.4 Å². The molecule has 0 aliphatic heterocycles. The molecule has 2 aromatic rings. The van der Waals surface area contributed by atoms with E-state index in [1.165, 1.54) is 4.90 Å². The Morgan fingerprint density at radius 1 is 1.20 bits per heavy atom. The zero-order valence-corrected chi connectivity index (χ0v) is 11.3. The molecule has 0 N–H and O–H groups in total. The number of nitriles is 1. The van der Waals surface area contributed by atoms with E-state index in [0.29, 0.717) is 22.6 Å². The summed E-state index contributed by atoms with van der Waals surface area (Å²) in [5.41, 5.74) is 1.56. The summed E-state index contributed by atoms with van der Waals surface area (Å²) >= 11 is 0. The molecule has 0 unspecified atom stereocenters. The number of hydrogen-bond acceptors (Lipinski definition) is 3. The van der Waals surface area contributed by atoms with Gasteiger partial charge in [0.1, 0.15) is 11.8 Å². The van der Waals surface area contributed by atoms with Gasteiger partial charge in [-0.05, 0) is 30.3 Å². The highest BCUT2D eigenvalue weighted by Crippen LogP contribution is 2.21. The monoisotopic (exact) mass is 266 g/mol. The number of hydrogen-bond donors (Lipinski definition) is 0. The Morgan fingerprint density at radius 3 is 2.65 bits per heavy atom. The Bertz CT molecular complexity index is 674. The lowest BCUT2D eigenvalue weighted by atomic mass is 10.1. The molecular weight excluding hydrogens is 252 g/mol. The SMILES string of the molecule is COc1cccc(C(=O)N(C)c2ccccc2C#N)c1. The lowest BCUT2D eigenvalue weighted by molar-refractivity contribution is 0.0992. The fraction of sp³-hybridized carbons (Fsp3) is 0.125. The van der Waals surface area contributed by atoms with Crippen LogP contribution in [-0.4, -0.2) is 20.1 Å². The number of rotatable bonds is 3. The van der Waals surface area contributed by atoms with Crippen LogP contribution in [0, 0.1) is 11.3 Å². The first-order chi connectivity index (χ1) is 9.67. The normalized spacial score (nSPS) is 9.65. The molecule has 0 aromatic heterocycles. The van der Waals surface area contributed by atoms with Crippen LogP contribution in [-0.2, 0) is 0 Å².